The fourth-order valence-corrected chi connectivity index (χ4v) is 3.74. The van der Waals surface area contributed by atoms with Crippen LogP contribution in [0.1, 0.15) is 23.7 Å². The highest BCUT2D eigenvalue weighted by molar-refractivity contribution is 7.80. The quantitative estimate of drug-likeness (QED) is 0.402. The SMILES string of the molecule is O=C(NC(=S)c1ccccc1)C1CC2C(O)Oc3cc(O)ccc3C2OC1=O. The summed E-state index contributed by atoms with van der Waals surface area (Å²) >= 11 is 5.23. The minimum atomic E-state index is -1.27. The van der Waals surface area contributed by atoms with Gasteiger partial charge in [0.25, 0.3) is 0 Å². The Morgan fingerprint density at radius 1 is 1.14 bits per heavy atom. The summed E-state index contributed by atoms with van der Waals surface area (Å²) < 4.78 is 10.9. The molecular weight excluding hydrogens is 382 g/mol. The number of hydrogen-bond donors (Lipinski definition) is 3. The van der Waals surface area contributed by atoms with Gasteiger partial charge in [-0.15, -0.1) is 0 Å². The van der Waals surface area contributed by atoms with Gasteiger partial charge < -0.3 is 25.0 Å². The van der Waals surface area contributed by atoms with Crippen molar-refractivity contribution >= 4 is 29.1 Å². The molecule has 4 rings (SSSR count). The molecule has 2 aliphatic rings. The predicted molar refractivity (Wildman–Crippen MR) is 101 cm³/mol. The molecule has 4 atom stereocenters. The van der Waals surface area contributed by atoms with Crippen LogP contribution in [-0.2, 0) is 14.3 Å². The molecule has 0 aromatic heterocycles. The van der Waals surface area contributed by atoms with Crippen molar-refractivity contribution in [2.45, 2.75) is 18.8 Å². The average Bonchev–Trinajstić information content (AvgIpc) is 2.68. The van der Waals surface area contributed by atoms with Gasteiger partial charge in [0.2, 0.25) is 12.2 Å². The number of carbonyl (C=O) groups is 2. The Labute approximate surface area is 165 Å². The van der Waals surface area contributed by atoms with Gasteiger partial charge in [0.05, 0.1) is 5.92 Å². The van der Waals surface area contributed by atoms with Crippen molar-refractivity contribution in [2.24, 2.45) is 11.8 Å². The van der Waals surface area contributed by atoms with E-state index < -0.39 is 36.1 Å². The summed E-state index contributed by atoms with van der Waals surface area (Å²) in [5.74, 6) is -2.78. The monoisotopic (exact) mass is 399 g/mol. The van der Waals surface area contributed by atoms with Crippen LogP contribution in [0.15, 0.2) is 48.5 Å². The zero-order valence-electron chi connectivity index (χ0n) is 14.6. The molecular formula is C20H17NO6S. The number of esters is 1. The number of fused-ring (bicyclic) bond motifs is 3. The number of amides is 1. The zero-order valence-corrected chi connectivity index (χ0v) is 15.4. The fourth-order valence-electron chi connectivity index (χ4n) is 3.50. The minimum Gasteiger partial charge on any atom is -0.508 e. The molecule has 0 aliphatic carbocycles. The van der Waals surface area contributed by atoms with E-state index in [9.17, 15) is 19.8 Å². The van der Waals surface area contributed by atoms with Crippen LogP contribution in [0, 0.1) is 11.8 Å². The summed E-state index contributed by atoms with van der Waals surface area (Å²) in [4.78, 5) is 25.3. The lowest BCUT2D eigenvalue weighted by Crippen LogP contribution is -2.49. The molecule has 0 spiro atoms. The number of phenols is 1. The van der Waals surface area contributed by atoms with Crippen molar-refractivity contribution in [3.05, 3.63) is 59.7 Å². The van der Waals surface area contributed by atoms with Gasteiger partial charge in [0.15, 0.2) is 0 Å². The van der Waals surface area contributed by atoms with Crippen molar-refractivity contribution in [1.82, 2.24) is 5.32 Å². The Bertz CT molecular complexity index is 947. The summed E-state index contributed by atoms with van der Waals surface area (Å²) in [6.07, 6.45) is -1.98. The number of aliphatic hydroxyl groups is 1. The Hall–Kier alpha value is -2.97. The van der Waals surface area contributed by atoms with Gasteiger partial charge in [-0.1, -0.05) is 42.5 Å². The predicted octanol–water partition coefficient (Wildman–Crippen LogP) is 1.82. The first-order valence-corrected chi connectivity index (χ1v) is 9.13. The Kier molecular flexibility index (Phi) is 4.74. The van der Waals surface area contributed by atoms with Crippen LogP contribution >= 0.6 is 12.2 Å². The molecule has 2 aliphatic heterocycles. The van der Waals surface area contributed by atoms with Gasteiger partial charge in [0, 0.05) is 17.2 Å². The van der Waals surface area contributed by atoms with Gasteiger partial charge in [0.1, 0.15) is 28.5 Å². The van der Waals surface area contributed by atoms with E-state index in [4.69, 9.17) is 21.7 Å². The van der Waals surface area contributed by atoms with Crippen molar-refractivity contribution in [3.8, 4) is 11.5 Å². The molecule has 0 saturated carbocycles. The maximum Gasteiger partial charge on any atom is 0.319 e. The first kappa shape index (κ1) is 18.4. The maximum absolute atomic E-state index is 12.6. The van der Waals surface area contributed by atoms with E-state index in [0.717, 1.165) is 0 Å². The van der Waals surface area contributed by atoms with Gasteiger partial charge in [-0.3, -0.25) is 9.59 Å². The number of benzene rings is 2. The van der Waals surface area contributed by atoms with E-state index in [1.54, 1.807) is 30.3 Å². The second-order valence-electron chi connectivity index (χ2n) is 6.72. The average molecular weight is 399 g/mol. The van der Waals surface area contributed by atoms with Crippen molar-refractivity contribution in [3.63, 3.8) is 0 Å². The molecule has 0 bridgehead atoms. The molecule has 2 aromatic rings. The van der Waals surface area contributed by atoms with Gasteiger partial charge >= 0.3 is 5.97 Å². The highest BCUT2D eigenvalue weighted by Gasteiger charge is 2.49. The molecule has 0 radical (unpaired) electrons. The lowest BCUT2D eigenvalue weighted by atomic mass is 9.81. The van der Waals surface area contributed by atoms with Gasteiger partial charge in [-0.2, -0.15) is 0 Å². The van der Waals surface area contributed by atoms with E-state index in [-0.39, 0.29) is 22.9 Å². The Morgan fingerprint density at radius 2 is 1.89 bits per heavy atom. The summed E-state index contributed by atoms with van der Waals surface area (Å²) in [5, 5.41) is 22.5. The summed E-state index contributed by atoms with van der Waals surface area (Å²) in [5.41, 5.74) is 1.20. The van der Waals surface area contributed by atoms with Crippen LogP contribution in [0.3, 0.4) is 0 Å². The van der Waals surface area contributed by atoms with Crippen molar-refractivity contribution in [2.75, 3.05) is 0 Å². The van der Waals surface area contributed by atoms with E-state index in [1.165, 1.54) is 12.1 Å². The smallest absolute Gasteiger partial charge is 0.319 e. The second kappa shape index (κ2) is 7.21. The summed E-state index contributed by atoms with van der Waals surface area (Å²) in [6, 6.07) is 13.3. The second-order valence-corrected chi connectivity index (χ2v) is 7.13. The lowest BCUT2D eigenvalue weighted by molar-refractivity contribution is -0.191. The molecule has 3 N–H and O–H groups in total. The number of phenolic OH excluding ortho intramolecular Hbond substituents is 1. The number of aliphatic hydroxyl groups excluding tert-OH is 1. The van der Waals surface area contributed by atoms with Crippen molar-refractivity contribution in [1.29, 1.82) is 0 Å². The van der Waals surface area contributed by atoms with Crippen LogP contribution < -0.4 is 10.1 Å². The number of thiocarbonyl (C=S) groups is 1. The molecule has 2 aromatic carbocycles. The number of nitrogens with one attached hydrogen (secondary N) is 1. The highest BCUT2D eigenvalue weighted by atomic mass is 32.1. The molecule has 4 unspecified atom stereocenters. The van der Waals surface area contributed by atoms with Crippen LogP contribution in [0.2, 0.25) is 0 Å². The Balaban J connectivity index is 1.52. The van der Waals surface area contributed by atoms with Crippen molar-refractivity contribution < 1.29 is 29.3 Å². The molecule has 2 heterocycles. The number of ether oxygens (including phenoxy) is 2. The van der Waals surface area contributed by atoms with Gasteiger partial charge in [-0.25, -0.2) is 0 Å². The molecule has 144 valence electrons. The maximum atomic E-state index is 12.6. The van der Waals surface area contributed by atoms with Gasteiger partial charge in [-0.05, 0) is 18.6 Å². The van der Waals surface area contributed by atoms with Crippen LogP contribution in [-0.4, -0.2) is 33.4 Å². The molecule has 1 fully saturated rings. The van der Waals surface area contributed by atoms with Crippen LogP contribution in [0.5, 0.6) is 11.5 Å². The minimum absolute atomic E-state index is 0.0294. The third-order valence-electron chi connectivity index (χ3n) is 4.93. The third-order valence-corrected chi connectivity index (χ3v) is 5.27. The standard InChI is InChI=1S/C20H17NO6S/c22-11-6-7-12-15(8-11)26-19(24)13-9-14(20(25)27-16(12)13)17(23)21-18(28)10-4-2-1-3-5-10/h1-8,13-14,16,19,22,24H,9H2,(H,21,23,28). The zero-order chi connectivity index (χ0) is 19.8. The molecule has 7 nitrogen and oxygen atoms in total. The first-order chi connectivity index (χ1) is 13.4. The summed E-state index contributed by atoms with van der Waals surface area (Å²) in [7, 11) is 0. The third kappa shape index (κ3) is 3.32. The molecule has 28 heavy (non-hydrogen) atoms. The largest absolute Gasteiger partial charge is 0.508 e. The molecule has 1 saturated heterocycles. The molecule has 1 amide bonds. The number of rotatable bonds is 2. The van der Waals surface area contributed by atoms with E-state index in [2.05, 4.69) is 5.32 Å². The van der Waals surface area contributed by atoms with E-state index >= 15 is 0 Å². The fraction of sp³-hybridized carbons (Fsp3) is 0.250. The normalized spacial score (nSPS) is 25.5. The topological polar surface area (TPSA) is 105 Å². The first-order valence-electron chi connectivity index (χ1n) is 8.72. The molecule has 8 heteroatoms. The number of aromatic hydroxyl groups is 1. The lowest BCUT2D eigenvalue weighted by Gasteiger charge is -2.41. The number of hydrogen-bond acceptors (Lipinski definition) is 7. The summed E-state index contributed by atoms with van der Waals surface area (Å²) in [6.45, 7) is 0. The highest BCUT2D eigenvalue weighted by Crippen LogP contribution is 2.47. The Morgan fingerprint density at radius 3 is 2.64 bits per heavy atom. The van der Waals surface area contributed by atoms with Crippen LogP contribution in [0.4, 0.5) is 0 Å². The van der Waals surface area contributed by atoms with E-state index in [1.807, 2.05) is 6.07 Å². The number of carbonyl (C=O) groups excluding carboxylic acids is 2. The van der Waals surface area contributed by atoms with Crippen LogP contribution in [0.25, 0.3) is 0 Å². The van der Waals surface area contributed by atoms with E-state index in [0.29, 0.717) is 11.1 Å².